The maximum Gasteiger partial charge on any atom is 0.165 e. The molecule has 180 valence electrons. The number of rotatable bonds is 2. The van der Waals surface area contributed by atoms with Crippen LogP contribution in [0.2, 0.25) is 0 Å². The van der Waals surface area contributed by atoms with Crippen molar-refractivity contribution in [3.63, 3.8) is 0 Å². The zero-order valence-electron chi connectivity index (χ0n) is 21.3. The van der Waals surface area contributed by atoms with Crippen molar-refractivity contribution in [2.24, 2.45) is 0 Å². The molecule has 0 aliphatic heterocycles. The van der Waals surface area contributed by atoms with Gasteiger partial charge in [-0.3, -0.25) is 4.40 Å². The van der Waals surface area contributed by atoms with E-state index in [1.54, 1.807) is 0 Å². The lowest BCUT2D eigenvalue weighted by molar-refractivity contribution is 0.660. The molecule has 3 aromatic heterocycles. The van der Waals surface area contributed by atoms with Gasteiger partial charge in [-0.1, -0.05) is 98.8 Å². The van der Waals surface area contributed by atoms with Crippen LogP contribution in [-0.2, 0) is 5.41 Å². The molecule has 0 saturated carbocycles. The van der Waals surface area contributed by atoms with E-state index in [-0.39, 0.29) is 5.41 Å². The molecular weight excluding hydrogens is 462 g/mol. The molecule has 0 N–H and O–H groups in total. The maximum atomic E-state index is 5.20. The Morgan fingerprint density at radius 3 is 2.24 bits per heavy atom. The van der Waals surface area contributed by atoms with Gasteiger partial charge in [0.15, 0.2) is 5.65 Å². The summed E-state index contributed by atoms with van der Waals surface area (Å²) in [4.78, 5) is 10.1. The highest BCUT2D eigenvalue weighted by Crippen LogP contribution is 2.49. The highest BCUT2D eigenvalue weighted by atomic mass is 15.1. The number of fused-ring (bicyclic) bond motifs is 8. The molecule has 0 spiro atoms. The fourth-order valence-corrected chi connectivity index (χ4v) is 6.30. The standard InChI is InChI=1S/C35H25N3/c1-35(2)29-15-6-5-12-25(29)28-21-23(17-18-30(28)35)22-10-9-11-24(20-22)32-26-13-3-4-14-27(26)33-34(37-32)38-19-8-7-16-31(38)36-33/h3-21H,1-2H3. The van der Waals surface area contributed by atoms with Crippen LogP contribution in [0.3, 0.4) is 0 Å². The summed E-state index contributed by atoms with van der Waals surface area (Å²) in [5.41, 5.74) is 12.7. The molecule has 0 bridgehead atoms. The first kappa shape index (κ1) is 21.3. The van der Waals surface area contributed by atoms with Crippen LogP contribution in [0.15, 0.2) is 115 Å². The molecule has 0 saturated heterocycles. The van der Waals surface area contributed by atoms with Crippen molar-refractivity contribution < 1.29 is 0 Å². The maximum absolute atomic E-state index is 5.20. The third-order valence-corrected chi connectivity index (χ3v) is 8.21. The van der Waals surface area contributed by atoms with E-state index in [0.29, 0.717) is 0 Å². The fraction of sp³-hybridized carbons (Fsp3) is 0.0857. The van der Waals surface area contributed by atoms with Crippen molar-refractivity contribution in [2.45, 2.75) is 19.3 Å². The van der Waals surface area contributed by atoms with E-state index in [2.05, 4.69) is 109 Å². The van der Waals surface area contributed by atoms with E-state index in [9.17, 15) is 0 Å². The van der Waals surface area contributed by atoms with Gasteiger partial charge in [-0.2, -0.15) is 0 Å². The molecule has 7 aromatic rings. The van der Waals surface area contributed by atoms with E-state index in [0.717, 1.165) is 38.8 Å². The van der Waals surface area contributed by atoms with Crippen molar-refractivity contribution in [3.8, 4) is 33.5 Å². The van der Waals surface area contributed by atoms with Gasteiger partial charge in [-0.25, -0.2) is 9.97 Å². The van der Waals surface area contributed by atoms with E-state index in [1.807, 2.05) is 24.4 Å². The Morgan fingerprint density at radius 2 is 1.32 bits per heavy atom. The molecule has 0 radical (unpaired) electrons. The highest BCUT2D eigenvalue weighted by molar-refractivity contribution is 6.09. The molecular formula is C35H25N3. The summed E-state index contributed by atoms with van der Waals surface area (Å²) in [6, 6.07) is 39.1. The van der Waals surface area contributed by atoms with Crippen molar-refractivity contribution >= 4 is 27.6 Å². The minimum atomic E-state index is 0.0125. The second kappa shape index (κ2) is 7.62. The van der Waals surface area contributed by atoms with Crippen molar-refractivity contribution in [1.82, 2.24) is 14.4 Å². The minimum absolute atomic E-state index is 0.0125. The van der Waals surface area contributed by atoms with Gasteiger partial charge in [0.25, 0.3) is 0 Å². The second-order valence-corrected chi connectivity index (χ2v) is 10.7. The Balaban J connectivity index is 1.33. The average Bonchev–Trinajstić information content (AvgIpc) is 3.45. The van der Waals surface area contributed by atoms with Gasteiger partial charge >= 0.3 is 0 Å². The first-order valence-electron chi connectivity index (χ1n) is 13.1. The van der Waals surface area contributed by atoms with Gasteiger partial charge in [0, 0.05) is 27.9 Å². The van der Waals surface area contributed by atoms with Gasteiger partial charge in [-0.15, -0.1) is 0 Å². The van der Waals surface area contributed by atoms with Crippen molar-refractivity contribution in [3.05, 3.63) is 127 Å². The summed E-state index contributed by atoms with van der Waals surface area (Å²) in [6.45, 7) is 4.65. The minimum Gasteiger partial charge on any atom is -0.284 e. The molecule has 0 amide bonds. The Bertz CT molecular complexity index is 2060. The lowest BCUT2D eigenvalue weighted by Crippen LogP contribution is -2.14. The van der Waals surface area contributed by atoms with E-state index >= 15 is 0 Å². The normalized spacial score (nSPS) is 13.7. The SMILES string of the molecule is CC1(C)c2ccccc2-c2cc(-c3cccc(-c4nc5c(nc6ccccn65)c5ccccc45)c3)ccc21. The molecule has 3 nitrogen and oxygen atoms in total. The first-order chi connectivity index (χ1) is 18.6. The first-order valence-corrected chi connectivity index (χ1v) is 13.1. The number of imidazole rings is 1. The third-order valence-electron chi connectivity index (χ3n) is 8.21. The predicted molar refractivity (Wildman–Crippen MR) is 156 cm³/mol. The third kappa shape index (κ3) is 2.90. The summed E-state index contributed by atoms with van der Waals surface area (Å²) >= 11 is 0. The second-order valence-electron chi connectivity index (χ2n) is 10.7. The number of benzene rings is 4. The number of hydrogen-bond donors (Lipinski definition) is 0. The molecule has 3 heteroatoms. The summed E-state index contributed by atoms with van der Waals surface area (Å²) in [5, 5.41) is 2.24. The van der Waals surface area contributed by atoms with Gasteiger partial charge in [0.05, 0.1) is 5.69 Å². The molecule has 1 aliphatic carbocycles. The highest BCUT2D eigenvalue weighted by Gasteiger charge is 2.35. The van der Waals surface area contributed by atoms with Gasteiger partial charge in [0.2, 0.25) is 0 Å². The largest absolute Gasteiger partial charge is 0.284 e. The van der Waals surface area contributed by atoms with Gasteiger partial charge < -0.3 is 0 Å². The predicted octanol–water partition coefficient (Wildman–Crippen LogP) is 8.68. The summed E-state index contributed by atoms with van der Waals surface area (Å²) in [6.07, 6.45) is 2.04. The van der Waals surface area contributed by atoms with Crippen molar-refractivity contribution in [1.29, 1.82) is 0 Å². The topological polar surface area (TPSA) is 30.2 Å². The molecule has 3 heterocycles. The Hall–Kier alpha value is -4.76. The summed E-state index contributed by atoms with van der Waals surface area (Å²) in [5.74, 6) is 0. The van der Waals surface area contributed by atoms with Gasteiger partial charge in [0.1, 0.15) is 11.2 Å². The quantitative estimate of drug-likeness (QED) is 0.244. The van der Waals surface area contributed by atoms with Crippen LogP contribution in [0.5, 0.6) is 0 Å². The number of aromatic nitrogens is 3. The van der Waals surface area contributed by atoms with Crippen LogP contribution < -0.4 is 0 Å². The molecule has 0 unspecified atom stereocenters. The van der Waals surface area contributed by atoms with Crippen LogP contribution in [0, 0.1) is 0 Å². The van der Waals surface area contributed by atoms with Crippen LogP contribution in [0.25, 0.3) is 61.1 Å². The van der Waals surface area contributed by atoms with E-state index in [1.165, 1.54) is 33.4 Å². The lowest BCUT2D eigenvalue weighted by Gasteiger charge is -2.21. The number of pyridine rings is 2. The average molecular weight is 488 g/mol. The summed E-state index contributed by atoms with van der Waals surface area (Å²) < 4.78 is 2.08. The molecule has 1 aliphatic rings. The zero-order valence-corrected chi connectivity index (χ0v) is 21.3. The lowest BCUT2D eigenvalue weighted by atomic mass is 9.82. The van der Waals surface area contributed by atoms with E-state index in [4.69, 9.17) is 9.97 Å². The van der Waals surface area contributed by atoms with E-state index < -0.39 is 0 Å². The molecule has 0 atom stereocenters. The van der Waals surface area contributed by atoms with Gasteiger partial charge in [-0.05, 0) is 57.6 Å². The Morgan fingerprint density at radius 1 is 0.579 bits per heavy atom. The number of nitrogens with zero attached hydrogens (tertiary/aromatic N) is 3. The number of hydrogen-bond acceptors (Lipinski definition) is 2. The molecule has 38 heavy (non-hydrogen) atoms. The monoisotopic (exact) mass is 487 g/mol. The smallest absolute Gasteiger partial charge is 0.165 e. The van der Waals surface area contributed by atoms with Crippen molar-refractivity contribution in [2.75, 3.05) is 0 Å². The molecule has 8 rings (SSSR count). The Labute approximate surface area is 221 Å². The summed E-state index contributed by atoms with van der Waals surface area (Å²) in [7, 11) is 0. The Kier molecular flexibility index (Phi) is 4.28. The molecule has 4 aromatic carbocycles. The van der Waals surface area contributed by atoms with Crippen LogP contribution in [-0.4, -0.2) is 14.4 Å². The van der Waals surface area contributed by atoms with Crippen LogP contribution >= 0.6 is 0 Å². The fourth-order valence-electron chi connectivity index (χ4n) is 6.30. The molecule has 0 fully saturated rings. The van der Waals surface area contributed by atoms with Crippen LogP contribution in [0.4, 0.5) is 0 Å². The zero-order chi connectivity index (χ0) is 25.4. The van der Waals surface area contributed by atoms with Crippen LogP contribution in [0.1, 0.15) is 25.0 Å².